The van der Waals surface area contributed by atoms with Gasteiger partial charge < -0.3 is 9.47 Å². The van der Waals surface area contributed by atoms with Crippen LogP contribution in [0.5, 0.6) is 0 Å². The summed E-state index contributed by atoms with van der Waals surface area (Å²) < 4.78 is 10.8. The van der Waals surface area contributed by atoms with E-state index < -0.39 is 12.2 Å². The summed E-state index contributed by atoms with van der Waals surface area (Å²) in [4.78, 5) is 36.4. The van der Waals surface area contributed by atoms with Crippen molar-refractivity contribution >= 4 is 18.5 Å². The first-order valence-electron chi connectivity index (χ1n) is 10.0. The van der Waals surface area contributed by atoms with Crippen molar-refractivity contribution < 1.29 is 23.9 Å². The maximum Gasteiger partial charge on any atom is 0.429 e. The Bertz CT molecular complexity index is 1020. The number of carbonyl (C=O) groups is 3. The third kappa shape index (κ3) is 6.43. The van der Waals surface area contributed by atoms with Crippen LogP contribution in [0.25, 0.3) is 0 Å². The molecule has 2 amide bonds. The van der Waals surface area contributed by atoms with Crippen LogP contribution >= 0.6 is 0 Å². The fourth-order valence-electron chi connectivity index (χ4n) is 2.87. The van der Waals surface area contributed by atoms with Gasteiger partial charge in [0.1, 0.15) is 19.5 Å². The quantitative estimate of drug-likeness (QED) is 0.395. The molecule has 32 heavy (non-hydrogen) atoms. The topological polar surface area (TPSA) is 76.2 Å². The Balaban J connectivity index is 1.70. The van der Waals surface area contributed by atoms with Crippen molar-refractivity contribution in [2.75, 3.05) is 7.05 Å². The van der Waals surface area contributed by atoms with Gasteiger partial charge in [-0.2, -0.15) is 0 Å². The van der Waals surface area contributed by atoms with Crippen LogP contribution in [-0.4, -0.2) is 35.5 Å². The van der Waals surface area contributed by atoms with Gasteiger partial charge in [0.2, 0.25) is 0 Å². The van der Waals surface area contributed by atoms with Gasteiger partial charge in [-0.05, 0) is 16.7 Å². The van der Waals surface area contributed by atoms with Gasteiger partial charge in [0, 0.05) is 12.6 Å². The van der Waals surface area contributed by atoms with Crippen molar-refractivity contribution in [2.24, 2.45) is 0 Å². The van der Waals surface area contributed by atoms with Crippen molar-refractivity contribution in [3.63, 3.8) is 0 Å². The molecule has 3 aromatic carbocycles. The predicted octanol–water partition coefficient (Wildman–Crippen LogP) is 4.82. The first kappa shape index (κ1) is 22.6. The van der Waals surface area contributed by atoms with Crippen LogP contribution in [0, 0.1) is 0 Å². The van der Waals surface area contributed by atoms with Crippen LogP contribution in [-0.2, 0) is 29.2 Å². The fourth-order valence-corrected chi connectivity index (χ4v) is 2.87. The van der Waals surface area contributed by atoms with Crippen molar-refractivity contribution in [3.05, 3.63) is 107 Å². The lowest BCUT2D eigenvalue weighted by Gasteiger charge is -2.30. The van der Waals surface area contributed by atoms with E-state index in [1.807, 2.05) is 60.7 Å². The SMILES string of the molecule is CN(C(=O)OCc1ccccc1)N(Cc1ccc(C=O)cc1)C(=O)OCc1ccccc1. The summed E-state index contributed by atoms with van der Waals surface area (Å²) in [6.45, 7) is 0.196. The summed E-state index contributed by atoms with van der Waals surface area (Å²) in [5.41, 5.74) is 2.89. The van der Waals surface area contributed by atoms with Crippen LogP contribution in [0.3, 0.4) is 0 Å². The molecule has 0 N–H and O–H groups in total. The third-order valence-electron chi connectivity index (χ3n) is 4.70. The molecule has 0 fully saturated rings. The molecule has 3 aromatic rings. The zero-order chi connectivity index (χ0) is 22.8. The molecule has 0 saturated heterocycles. The van der Waals surface area contributed by atoms with Crippen LogP contribution in [0.4, 0.5) is 9.59 Å². The molecule has 0 radical (unpaired) electrons. The van der Waals surface area contributed by atoms with Crippen molar-refractivity contribution in [3.8, 4) is 0 Å². The minimum atomic E-state index is -0.701. The van der Waals surface area contributed by atoms with Crippen LogP contribution in [0.2, 0.25) is 0 Å². The lowest BCUT2D eigenvalue weighted by molar-refractivity contribution is -0.0167. The number of aldehydes is 1. The van der Waals surface area contributed by atoms with Gasteiger partial charge in [-0.3, -0.25) is 4.79 Å². The Kier molecular flexibility index (Phi) is 7.97. The number of hydrogen-bond acceptors (Lipinski definition) is 5. The molecule has 0 aliphatic heterocycles. The van der Waals surface area contributed by atoms with Gasteiger partial charge in [-0.25, -0.2) is 19.6 Å². The number of benzene rings is 3. The Morgan fingerprint density at radius 3 is 1.72 bits per heavy atom. The molecule has 0 atom stereocenters. The average Bonchev–Trinajstić information content (AvgIpc) is 2.85. The Labute approximate surface area is 186 Å². The first-order valence-corrected chi connectivity index (χ1v) is 10.0. The summed E-state index contributed by atoms with van der Waals surface area (Å²) in [5.74, 6) is 0. The summed E-state index contributed by atoms with van der Waals surface area (Å²) in [6, 6.07) is 25.2. The van der Waals surface area contributed by atoms with E-state index in [0.29, 0.717) is 5.56 Å². The second-order valence-electron chi connectivity index (χ2n) is 7.02. The normalized spacial score (nSPS) is 10.2. The molecule has 0 heterocycles. The highest BCUT2D eigenvalue weighted by molar-refractivity contribution is 5.75. The van der Waals surface area contributed by atoms with Crippen molar-refractivity contribution in [1.82, 2.24) is 10.0 Å². The first-order chi connectivity index (χ1) is 15.6. The van der Waals surface area contributed by atoms with E-state index >= 15 is 0 Å². The van der Waals surface area contributed by atoms with Gasteiger partial charge in [0.15, 0.2) is 0 Å². The van der Waals surface area contributed by atoms with Gasteiger partial charge >= 0.3 is 12.2 Å². The number of nitrogens with zero attached hydrogens (tertiary/aromatic N) is 2. The zero-order valence-corrected chi connectivity index (χ0v) is 17.7. The Morgan fingerprint density at radius 2 is 1.22 bits per heavy atom. The van der Waals surface area contributed by atoms with E-state index in [4.69, 9.17) is 9.47 Å². The highest BCUT2D eigenvalue weighted by atomic mass is 16.6. The molecule has 0 bridgehead atoms. The second kappa shape index (κ2) is 11.3. The summed E-state index contributed by atoms with van der Waals surface area (Å²) in [6.07, 6.45) is -0.662. The minimum Gasteiger partial charge on any atom is -0.443 e. The maximum atomic E-state index is 12.9. The molecule has 0 aliphatic rings. The molecule has 0 saturated carbocycles. The van der Waals surface area contributed by atoms with Crippen LogP contribution < -0.4 is 0 Å². The van der Waals surface area contributed by atoms with E-state index in [1.54, 1.807) is 24.3 Å². The summed E-state index contributed by atoms with van der Waals surface area (Å²) in [7, 11) is 1.44. The summed E-state index contributed by atoms with van der Waals surface area (Å²) >= 11 is 0. The molecule has 0 unspecified atom stereocenters. The zero-order valence-electron chi connectivity index (χ0n) is 17.7. The molecule has 7 heteroatoms. The smallest absolute Gasteiger partial charge is 0.429 e. The minimum absolute atomic E-state index is 0.0592. The number of hydrogen-bond donors (Lipinski definition) is 0. The highest BCUT2D eigenvalue weighted by Gasteiger charge is 2.26. The van der Waals surface area contributed by atoms with Crippen molar-refractivity contribution in [2.45, 2.75) is 19.8 Å². The highest BCUT2D eigenvalue weighted by Crippen LogP contribution is 2.13. The van der Waals surface area contributed by atoms with E-state index in [0.717, 1.165) is 33.0 Å². The maximum absolute atomic E-state index is 12.9. The lowest BCUT2D eigenvalue weighted by atomic mass is 10.1. The average molecular weight is 432 g/mol. The summed E-state index contributed by atoms with van der Waals surface area (Å²) in [5, 5.41) is 2.25. The third-order valence-corrected chi connectivity index (χ3v) is 4.70. The standard InChI is InChI=1S/C25H24N2O5/c1-26(24(29)31-18-22-8-4-2-5-9-22)27(16-20-12-14-21(17-28)15-13-20)25(30)32-19-23-10-6-3-7-11-23/h2-15,17H,16,18-19H2,1H3. The monoisotopic (exact) mass is 432 g/mol. The molecule has 7 nitrogen and oxygen atoms in total. The number of ether oxygens (including phenoxy) is 2. The number of hydrazine groups is 1. The molecule has 0 aromatic heterocycles. The Hall–Kier alpha value is -4.13. The van der Waals surface area contributed by atoms with Crippen LogP contribution in [0.15, 0.2) is 84.9 Å². The molecule has 0 aliphatic carbocycles. The predicted molar refractivity (Wildman–Crippen MR) is 118 cm³/mol. The largest absolute Gasteiger partial charge is 0.443 e. The number of carbonyl (C=O) groups excluding carboxylic acids is 3. The molecule has 0 spiro atoms. The van der Waals surface area contributed by atoms with E-state index in [-0.39, 0.29) is 19.8 Å². The van der Waals surface area contributed by atoms with E-state index in [1.165, 1.54) is 7.05 Å². The van der Waals surface area contributed by atoms with Gasteiger partial charge in [-0.15, -0.1) is 0 Å². The number of amides is 2. The van der Waals surface area contributed by atoms with Gasteiger partial charge in [0.05, 0.1) is 6.54 Å². The molecular formula is C25H24N2O5. The molecule has 3 rings (SSSR count). The fraction of sp³-hybridized carbons (Fsp3) is 0.160. The van der Waals surface area contributed by atoms with Gasteiger partial charge in [0.25, 0.3) is 0 Å². The Morgan fingerprint density at radius 1 is 0.719 bits per heavy atom. The van der Waals surface area contributed by atoms with E-state index in [9.17, 15) is 14.4 Å². The lowest BCUT2D eigenvalue weighted by Crippen LogP contribution is -2.47. The van der Waals surface area contributed by atoms with E-state index in [2.05, 4.69) is 0 Å². The van der Waals surface area contributed by atoms with Crippen molar-refractivity contribution in [1.29, 1.82) is 0 Å². The van der Waals surface area contributed by atoms with Gasteiger partial charge in [-0.1, -0.05) is 84.9 Å². The number of rotatable bonds is 7. The molecular weight excluding hydrogens is 408 g/mol. The molecule has 164 valence electrons. The second-order valence-corrected chi connectivity index (χ2v) is 7.02. The van der Waals surface area contributed by atoms with Crippen LogP contribution in [0.1, 0.15) is 27.0 Å².